The van der Waals surface area contributed by atoms with Gasteiger partial charge >= 0.3 is 5.97 Å². The molecule has 1 N–H and O–H groups in total. The molecule has 162 valence electrons. The van der Waals surface area contributed by atoms with Gasteiger partial charge in [-0.3, -0.25) is 4.79 Å². The summed E-state index contributed by atoms with van der Waals surface area (Å²) in [5.74, 6) is -3.23. The molecule has 2 aliphatic heterocycles. The smallest absolute Gasteiger partial charge is 0.306 e. The van der Waals surface area contributed by atoms with E-state index in [1.807, 2.05) is 13.8 Å². The van der Waals surface area contributed by atoms with Crippen molar-refractivity contribution >= 4 is 5.97 Å². The van der Waals surface area contributed by atoms with Crippen molar-refractivity contribution in [1.29, 1.82) is 0 Å². The summed E-state index contributed by atoms with van der Waals surface area (Å²) in [5.41, 5.74) is 0. The minimum Gasteiger partial charge on any atom is -0.462 e. The number of rotatable bonds is 9. The lowest BCUT2D eigenvalue weighted by atomic mass is 9.86. The van der Waals surface area contributed by atoms with Gasteiger partial charge in [0.05, 0.1) is 12.5 Å². The number of esters is 1. The van der Waals surface area contributed by atoms with Gasteiger partial charge in [-0.25, -0.2) is 8.78 Å². The largest absolute Gasteiger partial charge is 0.462 e. The highest BCUT2D eigenvalue weighted by Gasteiger charge is 2.51. The van der Waals surface area contributed by atoms with Gasteiger partial charge in [0.25, 0.3) is 5.92 Å². The second kappa shape index (κ2) is 9.35. The molecule has 0 bridgehead atoms. The molecule has 3 fully saturated rings. The van der Waals surface area contributed by atoms with Crippen LogP contribution in [0.4, 0.5) is 8.78 Å². The Bertz CT molecular complexity index is 521. The van der Waals surface area contributed by atoms with Crippen LogP contribution < -0.4 is 0 Å². The Hall–Kier alpha value is -0.790. The summed E-state index contributed by atoms with van der Waals surface area (Å²) in [4.78, 5) is 11.7. The fraction of sp³-hybridized carbons (Fsp3) is 0.952. The number of halogens is 2. The van der Waals surface area contributed by atoms with E-state index >= 15 is 0 Å². The fourth-order valence-corrected chi connectivity index (χ4v) is 4.74. The second-order valence-corrected chi connectivity index (χ2v) is 9.05. The molecule has 0 spiro atoms. The van der Waals surface area contributed by atoms with Crippen LogP contribution in [0.1, 0.15) is 71.6 Å². The van der Waals surface area contributed by atoms with Gasteiger partial charge in [-0.2, -0.15) is 0 Å². The molecule has 3 aliphatic rings. The minimum atomic E-state index is -3.09. The van der Waals surface area contributed by atoms with Crippen LogP contribution in [0.15, 0.2) is 0 Å². The van der Waals surface area contributed by atoms with Crippen molar-refractivity contribution in [3.05, 3.63) is 0 Å². The normalized spacial score (nSPS) is 34.5. The molecular weight excluding hydrogens is 370 g/mol. The van der Waals surface area contributed by atoms with Gasteiger partial charge in [0.1, 0.15) is 12.2 Å². The maximum atomic E-state index is 14.3. The van der Waals surface area contributed by atoms with Crippen LogP contribution in [0.25, 0.3) is 0 Å². The highest BCUT2D eigenvalue weighted by atomic mass is 19.3. The molecule has 6 atom stereocenters. The summed E-state index contributed by atoms with van der Waals surface area (Å²) in [5, 5.41) is 10.1. The predicted molar refractivity (Wildman–Crippen MR) is 98.8 cm³/mol. The zero-order chi connectivity index (χ0) is 20.3. The van der Waals surface area contributed by atoms with Crippen LogP contribution in [0, 0.1) is 17.8 Å². The van der Waals surface area contributed by atoms with Crippen LogP contribution in [0.5, 0.6) is 0 Å². The topological polar surface area (TPSA) is 65.0 Å². The Balaban J connectivity index is 1.58. The fourth-order valence-electron chi connectivity index (χ4n) is 4.74. The van der Waals surface area contributed by atoms with E-state index in [0.29, 0.717) is 32.3 Å². The van der Waals surface area contributed by atoms with E-state index < -0.39 is 12.0 Å². The molecule has 0 aromatic heterocycles. The third-order valence-electron chi connectivity index (χ3n) is 6.44. The van der Waals surface area contributed by atoms with Crippen LogP contribution in [0.3, 0.4) is 0 Å². The average molecular weight is 404 g/mol. The maximum Gasteiger partial charge on any atom is 0.306 e. The van der Waals surface area contributed by atoms with Crippen LogP contribution in [-0.2, 0) is 19.0 Å². The average Bonchev–Trinajstić information content (AvgIpc) is 3.14. The van der Waals surface area contributed by atoms with Crippen molar-refractivity contribution in [3.8, 4) is 0 Å². The molecule has 0 aromatic rings. The SMILES string of the molecule is CC(C)CCC(F)(F)C(O)CC[C@@H]1[C@H]2CC(=O)O[C@@H]2C[C@H]1OC1CCCCO1. The van der Waals surface area contributed by atoms with Crippen molar-refractivity contribution in [2.75, 3.05) is 6.61 Å². The van der Waals surface area contributed by atoms with Crippen LogP contribution in [0.2, 0.25) is 0 Å². The molecule has 2 heterocycles. The van der Waals surface area contributed by atoms with Gasteiger partial charge in [0.2, 0.25) is 0 Å². The molecule has 0 amide bonds. The lowest BCUT2D eigenvalue weighted by Gasteiger charge is -2.31. The number of ether oxygens (including phenoxy) is 3. The van der Waals surface area contributed by atoms with E-state index in [2.05, 4.69) is 0 Å². The van der Waals surface area contributed by atoms with E-state index in [0.717, 1.165) is 19.3 Å². The number of fused-ring (bicyclic) bond motifs is 1. The molecular formula is C21H34F2O5. The zero-order valence-corrected chi connectivity index (χ0v) is 16.9. The van der Waals surface area contributed by atoms with E-state index in [9.17, 15) is 18.7 Å². The molecule has 2 saturated heterocycles. The molecule has 0 aromatic carbocycles. The van der Waals surface area contributed by atoms with Gasteiger partial charge < -0.3 is 19.3 Å². The highest BCUT2D eigenvalue weighted by molar-refractivity contribution is 5.72. The monoisotopic (exact) mass is 404 g/mol. The number of carbonyl (C=O) groups is 1. The van der Waals surface area contributed by atoms with Gasteiger partial charge in [0.15, 0.2) is 6.29 Å². The lowest BCUT2D eigenvalue weighted by molar-refractivity contribution is -0.198. The summed E-state index contributed by atoms with van der Waals surface area (Å²) in [6.45, 7) is 4.46. The second-order valence-electron chi connectivity index (χ2n) is 9.05. The third kappa shape index (κ3) is 5.42. The van der Waals surface area contributed by atoms with Crippen LogP contribution >= 0.6 is 0 Å². The quantitative estimate of drug-likeness (QED) is 0.587. The first-order valence-corrected chi connectivity index (χ1v) is 10.8. The summed E-state index contributed by atoms with van der Waals surface area (Å²) < 4.78 is 45.8. The molecule has 1 aliphatic carbocycles. The van der Waals surface area contributed by atoms with Crippen LogP contribution in [-0.4, -0.2) is 48.2 Å². The number of hydrogen-bond donors (Lipinski definition) is 1. The Labute approximate surface area is 166 Å². The Morgan fingerprint density at radius 2 is 2.07 bits per heavy atom. The first-order chi connectivity index (χ1) is 13.3. The van der Waals surface area contributed by atoms with E-state index in [1.54, 1.807) is 0 Å². The molecule has 0 radical (unpaired) electrons. The predicted octanol–water partition coefficient (Wildman–Crippen LogP) is 4.06. The lowest BCUT2D eigenvalue weighted by Crippen LogP contribution is -2.36. The summed E-state index contributed by atoms with van der Waals surface area (Å²) in [6, 6.07) is 0. The summed E-state index contributed by atoms with van der Waals surface area (Å²) in [6.07, 6.45) is 1.93. The van der Waals surface area contributed by atoms with Crippen molar-refractivity contribution < 1.29 is 32.9 Å². The molecule has 28 heavy (non-hydrogen) atoms. The number of aliphatic hydroxyl groups is 1. The maximum absolute atomic E-state index is 14.3. The zero-order valence-electron chi connectivity index (χ0n) is 16.9. The standard InChI is InChI=1S/C21H34F2O5/c1-13(2)8-9-21(22,23)18(24)7-6-14-15-11-19(25)27-17(15)12-16(14)28-20-5-3-4-10-26-20/h13-18,20,24H,3-12H2,1-2H3/t14-,15-,16-,17-,18?,20?/m1/s1. The van der Waals surface area contributed by atoms with Gasteiger partial charge in [-0.1, -0.05) is 13.8 Å². The Morgan fingerprint density at radius 3 is 2.75 bits per heavy atom. The van der Waals surface area contributed by atoms with Crippen molar-refractivity contribution in [1.82, 2.24) is 0 Å². The first-order valence-electron chi connectivity index (χ1n) is 10.8. The highest BCUT2D eigenvalue weighted by Crippen LogP contribution is 2.46. The molecule has 7 heteroatoms. The van der Waals surface area contributed by atoms with Gasteiger partial charge in [-0.15, -0.1) is 0 Å². The summed E-state index contributed by atoms with van der Waals surface area (Å²) >= 11 is 0. The van der Waals surface area contributed by atoms with E-state index in [1.165, 1.54) is 0 Å². The Morgan fingerprint density at radius 1 is 1.29 bits per heavy atom. The summed E-state index contributed by atoms with van der Waals surface area (Å²) in [7, 11) is 0. The Kier molecular flexibility index (Phi) is 7.32. The van der Waals surface area contributed by atoms with Gasteiger partial charge in [0, 0.05) is 25.4 Å². The van der Waals surface area contributed by atoms with Crippen molar-refractivity contribution in [2.45, 2.75) is 102 Å². The first kappa shape index (κ1) is 21.9. The minimum absolute atomic E-state index is 0.00143. The molecule has 2 unspecified atom stereocenters. The van der Waals surface area contributed by atoms with Gasteiger partial charge in [-0.05, 0) is 50.4 Å². The molecule has 1 saturated carbocycles. The van der Waals surface area contributed by atoms with Crippen molar-refractivity contribution in [3.63, 3.8) is 0 Å². The number of aliphatic hydroxyl groups excluding tert-OH is 1. The van der Waals surface area contributed by atoms with E-state index in [-0.39, 0.29) is 55.1 Å². The third-order valence-corrected chi connectivity index (χ3v) is 6.44. The molecule has 5 nitrogen and oxygen atoms in total. The molecule has 3 rings (SSSR count). The van der Waals surface area contributed by atoms with E-state index in [4.69, 9.17) is 14.2 Å². The number of carbonyl (C=O) groups excluding carboxylic acids is 1. The number of alkyl halides is 2. The number of hydrogen-bond acceptors (Lipinski definition) is 5. The van der Waals surface area contributed by atoms with Crippen molar-refractivity contribution in [2.24, 2.45) is 17.8 Å².